The van der Waals surface area contributed by atoms with Gasteiger partial charge in [-0.25, -0.2) is 9.78 Å². The number of para-hydroxylation sites is 1. The van der Waals surface area contributed by atoms with Crippen molar-refractivity contribution in [2.45, 2.75) is 6.61 Å². The average Bonchev–Trinajstić information content (AvgIpc) is 2.92. The molecule has 0 fully saturated rings. The van der Waals surface area contributed by atoms with Crippen LogP contribution in [0, 0.1) is 10.1 Å². The number of fused-ring (bicyclic) bond motifs is 1. The summed E-state index contributed by atoms with van der Waals surface area (Å²) in [6, 6.07) is 29.3. The summed E-state index contributed by atoms with van der Waals surface area (Å²) in [5, 5.41) is 12.1. The number of esters is 1. The van der Waals surface area contributed by atoms with Gasteiger partial charge in [0.2, 0.25) is 0 Å². The first-order chi connectivity index (χ1) is 18.0. The third kappa shape index (κ3) is 5.58. The standard InChI is InChI=1S/C29H19ClN2O5/c30-21-9-7-20(8-10-21)28-17-26(25-3-1-2-4-27(25)31-28)29(33)36-18-19-5-13-23(14-6-19)37-24-15-11-22(12-16-24)32(34)35/h1-17H,18H2. The molecule has 0 bridgehead atoms. The quantitative estimate of drug-likeness (QED) is 0.127. The Morgan fingerprint density at radius 2 is 1.51 bits per heavy atom. The molecule has 0 saturated carbocycles. The van der Waals surface area contributed by atoms with Crippen LogP contribution in [0.5, 0.6) is 11.5 Å². The molecule has 0 N–H and O–H groups in total. The molecule has 0 aliphatic carbocycles. The summed E-state index contributed by atoms with van der Waals surface area (Å²) in [6.07, 6.45) is 0. The van der Waals surface area contributed by atoms with Gasteiger partial charge in [0.1, 0.15) is 18.1 Å². The first kappa shape index (κ1) is 24.0. The molecule has 182 valence electrons. The van der Waals surface area contributed by atoms with Crippen molar-refractivity contribution in [3.63, 3.8) is 0 Å². The molecule has 0 amide bonds. The number of nitro benzene ring substituents is 1. The molecule has 5 aromatic rings. The fourth-order valence-corrected chi connectivity index (χ4v) is 3.89. The van der Waals surface area contributed by atoms with Crippen molar-refractivity contribution in [3.05, 3.63) is 129 Å². The first-order valence-corrected chi connectivity index (χ1v) is 11.7. The van der Waals surface area contributed by atoms with E-state index in [0.717, 1.165) is 11.1 Å². The summed E-state index contributed by atoms with van der Waals surface area (Å²) >= 11 is 6.02. The molecule has 37 heavy (non-hydrogen) atoms. The number of aromatic nitrogens is 1. The van der Waals surface area contributed by atoms with E-state index in [9.17, 15) is 14.9 Å². The largest absolute Gasteiger partial charge is 0.457 e. The van der Waals surface area contributed by atoms with Crippen LogP contribution in [0.2, 0.25) is 5.02 Å². The first-order valence-electron chi connectivity index (χ1n) is 11.3. The van der Waals surface area contributed by atoms with Gasteiger partial charge in [-0.2, -0.15) is 0 Å². The van der Waals surface area contributed by atoms with E-state index in [1.165, 1.54) is 24.3 Å². The van der Waals surface area contributed by atoms with E-state index >= 15 is 0 Å². The zero-order valence-corrected chi connectivity index (χ0v) is 20.1. The van der Waals surface area contributed by atoms with Crippen molar-refractivity contribution in [1.82, 2.24) is 4.98 Å². The molecule has 8 heteroatoms. The lowest BCUT2D eigenvalue weighted by Crippen LogP contribution is -2.07. The smallest absolute Gasteiger partial charge is 0.339 e. The topological polar surface area (TPSA) is 91.6 Å². The van der Waals surface area contributed by atoms with Gasteiger partial charge in [0.15, 0.2) is 0 Å². The van der Waals surface area contributed by atoms with E-state index < -0.39 is 10.9 Å². The van der Waals surface area contributed by atoms with E-state index in [-0.39, 0.29) is 12.3 Å². The summed E-state index contributed by atoms with van der Waals surface area (Å²) in [5.74, 6) is 0.572. The molecule has 5 rings (SSSR count). The lowest BCUT2D eigenvalue weighted by atomic mass is 10.0. The molecule has 0 aliphatic heterocycles. The lowest BCUT2D eigenvalue weighted by molar-refractivity contribution is -0.384. The maximum Gasteiger partial charge on any atom is 0.339 e. The molecule has 4 aromatic carbocycles. The van der Waals surface area contributed by atoms with Gasteiger partial charge in [0.05, 0.1) is 21.7 Å². The molecule has 0 aliphatic rings. The number of carbonyl (C=O) groups excluding carboxylic acids is 1. The Kier molecular flexibility index (Phi) is 6.78. The predicted octanol–water partition coefficient (Wildman–Crippen LogP) is 7.61. The van der Waals surface area contributed by atoms with Crippen LogP contribution in [-0.2, 0) is 11.3 Å². The van der Waals surface area contributed by atoms with Gasteiger partial charge in [0, 0.05) is 28.1 Å². The monoisotopic (exact) mass is 510 g/mol. The molecular formula is C29H19ClN2O5. The van der Waals surface area contributed by atoms with Crippen molar-refractivity contribution < 1.29 is 19.2 Å². The Morgan fingerprint density at radius 1 is 0.865 bits per heavy atom. The summed E-state index contributed by atoms with van der Waals surface area (Å²) < 4.78 is 11.4. The van der Waals surface area contributed by atoms with E-state index in [1.54, 1.807) is 42.5 Å². The second-order valence-electron chi connectivity index (χ2n) is 8.15. The van der Waals surface area contributed by atoms with Crippen LogP contribution in [0.4, 0.5) is 5.69 Å². The van der Waals surface area contributed by atoms with Crippen molar-refractivity contribution >= 4 is 34.2 Å². The number of halogens is 1. The van der Waals surface area contributed by atoms with Crippen LogP contribution >= 0.6 is 11.6 Å². The maximum atomic E-state index is 13.1. The number of non-ortho nitro benzene ring substituents is 1. The highest BCUT2D eigenvalue weighted by molar-refractivity contribution is 6.30. The van der Waals surface area contributed by atoms with Gasteiger partial charge in [-0.3, -0.25) is 10.1 Å². The lowest BCUT2D eigenvalue weighted by Gasteiger charge is -2.11. The number of rotatable bonds is 7. The fourth-order valence-electron chi connectivity index (χ4n) is 3.77. The second kappa shape index (κ2) is 10.5. The Labute approximate surface area is 217 Å². The Balaban J connectivity index is 1.30. The van der Waals surface area contributed by atoms with Crippen LogP contribution in [0.1, 0.15) is 15.9 Å². The summed E-state index contributed by atoms with van der Waals surface area (Å²) in [4.78, 5) is 28.1. The molecule has 0 atom stereocenters. The number of benzene rings is 4. The molecule has 0 saturated heterocycles. The summed E-state index contributed by atoms with van der Waals surface area (Å²) in [5.41, 5.74) is 3.37. The SMILES string of the molecule is O=C(OCc1ccc(Oc2ccc([N+](=O)[O-])cc2)cc1)c1cc(-c2ccc(Cl)cc2)nc2ccccc12. The molecule has 0 spiro atoms. The molecule has 1 aromatic heterocycles. The third-order valence-corrected chi connectivity index (χ3v) is 5.90. The van der Waals surface area contributed by atoms with Crippen LogP contribution in [0.3, 0.4) is 0 Å². The van der Waals surface area contributed by atoms with Gasteiger partial charge in [-0.15, -0.1) is 0 Å². The summed E-state index contributed by atoms with van der Waals surface area (Å²) in [6.45, 7) is 0.0730. The second-order valence-corrected chi connectivity index (χ2v) is 8.59. The highest BCUT2D eigenvalue weighted by Gasteiger charge is 2.16. The number of nitrogens with zero attached hydrogens (tertiary/aromatic N) is 2. The van der Waals surface area contributed by atoms with Crippen LogP contribution in [-0.4, -0.2) is 15.9 Å². The van der Waals surface area contributed by atoms with Gasteiger partial charge in [-0.1, -0.05) is 54.1 Å². The number of hydrogen-bond donors (Lipinski definition) is 0. The van der Waals surface area contributed by atoms with Crippen LogP contribution < -0.4 is 4.74 Å². The zero-order valence-electron chi connectivity index (χ0n) is 19.3. The third-order valence-electron chi connectivity index (χ3n) is 5.65. The highest BCUT2D eigenvalue weighted by atomic mass is 35.5. The molecule has 0 unspecified atom stereocenters. The fraction of sp³-hybridized carbons (Fsp3) is 0.0345. The van der Waals surface area contributed by atoms with Crippen LogP contribution in [0.15, 0.2) is 103 Å². The maximum absolute atomic E-state index is 13.1. The van der Waals surface area contributed by atoms with Gasteiger partial charge >= 0.3 is 5.97 Å². The van der Waals surface area contributed by atoms with Crippen molar-refractivity contribution in [2.24, 2.45) is 0 Å². The highest BCUT2D eigenvalue weighted by Crippen LogP contribution is 2.27. The minimum Gasteiger partial charge on any atom is -0.457 e. The van der Waals surface area contributed by atoms with E-state index in [1.807, 2.05) is 36.4 Å². The van der Waals surface area contributed by atoms with Gasteiger partial charge in [0.25, 0.3) is 5.69 Å². The Morgan fingerprint density at radius 3 is 2.19 bits per heavy atom. The Bertz CT molecular complexity index is 1580. The minimum absolute atomic E-state index is 0.00761. The number of hydrogen-bond acceptors (Lipinski definition) is 6. The number of pyridine rings is 1. The number of nitro groups is 1. The molecule has 7 nitrogen and oxygen atoms in total. The van der Waals surface area contributed by atoms with E-state index in [4.69, 9.17) is 26.1 Å². The minimum atomic E-state index is -0.465. The van der Waals surface area contributed by atoms with Gasteiger partial charge < -0.3 is 9.47 Å². The zero-order chi connectivity index (χ0) is 25.8. The average molecular weight is 511 g/mol. The van der Waals surface area contributed by atoms with E-state index in [2.05, 4.69) is 0 Å². The van der Waals surface area contributed by atoms with Crippen molar-refractivity contribution in [3.8, 4) is 22.8 Å². The van der Waals surface area contributed by atoms with Crippen LogP contribution in [0.25, 0.3) is 22.2 Å². The molecular weight excluding hydrogens is 492 g/mol. The van der Waals surface area contributed by atoms with Gasteiger partial charge in [-0.05, 0) is 54.1 Å². The normalized spacial score (nSPS) is 10.7. The number of carbonyl (C=O) groups is 1. The molecule has 1 heterocycles. The van der Waals surface area contributed by atoms with E-state index in [0.29, 0.717) is 38.7 Å². The molecule has 0 radical (unpaired) electrons. The summed E-state index contributed by atoms with van der Waals surface area (Å²) in [7, 11) is 0. The number of ether oxygens (including phenoxy) is 2. The van der Waals surface area contributed by atoms with Crippen molar-refractivity contribution in [1.29, 1.82) is 0 Å². The Hall–Kier alpha value is -4.75. The predicted molar refractivity (Wildman–Crippen MR) is 141 cm³/mol. The van der Waals surface area contributed by atoms with Crippen molar-refractivity contribution in [2.75, 3.05) is 0 Å².